The number of halogens is 3. The normalized spacial score (nSPS) is 14.9. The molecule has 10 nitrogen and oxygen atoms in total. The minimum Gasteiger partial charge on any atom is -0.475 e. The van der Waals surface area contributed by atoms with Gasteiger partial charge in [-0.25, -0.2) is 14.8 Å². The van der Waals surface area contributed by atoms with Crippen molar-refractivity contribution in [2.24, 2.45) is 0 Å². The minimum atomic E-state index is -4.65. The summed E-state index contributed by atoms with van der Waals surface area (Å²) in [6.45, 7) is 8.63. The summed E-state index contributed by atoms with van der Waals surface area (Å²) in [7, 11) is 0. The molecule has 0 atom stereocenters. The number of anilines is 2. The fourth-order valence-corrected chi connectivity index (χ4v) is 4.77. The second-order valence-electron chi connectivity index (χ2n) is 10.8. The van der Waals surface area contributed by atoms with Gasteiger partial charge in [-0.05, 0) is 46.6 Å². The number of nitrogens with zero attached hydrogens (tertiary/aromatic N) is 5. The molecule has 0 saturated carbocycles. The van der Waals surface area contributed by atoms with Gasteiger partial charge in [-0.3, -0.25) is 4.68 Å². The summed E-state index contributed by atoms with van der Waals surface area (Å²) in [5.41, 5.74) is -0.321. The van der Waals surface area contributed by atoms with Gasteiger partial charge in [0, 0.05) is 41.9 Å². The molecule has 1 amide bonds. The van der Waals surface area contributed by atoms with Crippen molar-refractivity contribution in [3.8, 4) is 17.1 Å². The number of hydrogen-bond donors (Lipinski definition) is 2. The number of rotatable bonds is 6. The highest BCUT2D eigenvalue weighted by Crippen LogP contribution is 2.39. The number of benzene rings is 1. The van der Waals surface area contributed by atoms with E-state index < -0.39 is 17.3 Å². The molecule has 0 spiro atoms. The smallest absolute Gasteiger partial charge is 0.419 e. The van der Waals surface area contributed by atoms with E-state index in [0.717, 1.165) is 6.20 Å². The average Bonchev–Trinajstić information content (AvgIpc) is 3.52. The number of carbonyl (C=O) groups excluding carboxylic acids is 1. The molecule has 4 aromatic rings. The van der Waals surface area contributed by atoms with Gasteiger partial charge in [0.1, 0.15) is 16.9 Å². The van der Waals surface area contributed by atoms with Gasteiger partial charge in [0.05, 0.1) is 24.5 Å². The zero-order valence-electron chi connectivity index (χ0n) is 23.2. The molecule has 1 saturated heterocycles. The van der Waals surface area contributed by atoms with Crippen molar-refractivity contribution in [3.05, 3.63) is 48.4 Å². The maximum absolute atomic E-state index is 14.0. The Morgan fingerprint density at radius 2 is 1.90 bits per heavy atom. The number of amides is 1. The Hall–Kier alpha value is -4.29. The maximum atomic E-state index is 14.0. The third kappa shape index (κ3) is 6.23. The van der Waals surface area contributed by atoms with Crippen molar-refractivity contribution in [1.82, 2.24) is 29.6 Å². The van der Waals surface area contributed by atoms with Crippen LogP contribution in [0.1, 0.15) is 52.1 Å². The van der Waals surface area contributed by atoms with Crippen LogP contribution in [0.25, 0.3) is 22.2 Å². The maximum Gasteiger partial charge on any atom is 0.419 e. The summed E-state index contributed by atoms with van der Waals surface area (Å²) in [5.74, 6) is 0.248. The van der Waals surface area contributed by atoms with Gasteiger partial charge in [0.25, 0.3) is 5.88 Å². The SMILES string of the molecule is CCOc1nn(C2CCN(C(=O)OC(C)(C)C)CC2)cc1Nc1ncc(C(F)(F)F)c(-c2c[nH]c3ccccc23)n1. The summed E-state index contributed by atoms with van der Waals surface area (Å²) >= 11 is 0. The van der Waals surface area contributed by atoms with E-state index in [1.54, 1.807) is 40.0 Å². The van der Waals surface area contributed by atoms with Crippen LogP contribution in [0.3, 0.4) is 0 Å². The van der Waals surface area contributed by atoms with Crippen molar-refractivity contribution in [2.45, 2.75) is 58.4 Å². The molecule has 13 heteroatoms. The fraction of sp³-hybridized carbons (Fsp3) is 0.429. The third-order valence-corrected chi connectivity index (χ3v) is 6.65. The van der Waals surface area contributed by atoms with E-state index in [-0.39, 0.29) is 29.7 Å². The van der Waals surface area contributed by atoms with Gasteiger partial charge in [0.15, 0.2) is 0 Å². The second-order valence-corrected chi connectivity index (χ2v) is 10.8. The van der Waals surface area contributed by atoms with Gasteiger partial charge in [-0.15, -0.1) is 5.10 Å². The first-order chi connectivity index (χ1) is 19.4. The fourth-order valence-electron chi connectivity index (χ4n) is 4.77. The first-order valence-corrected chi connectivity index (χ1v) is 13.4. The molecule has 1 fully saturated rings. The number of carbonyl (C=O) groups is 1. The van der Waals surface area contributed by atoms with Crippen molar-refractivity contribution in [2.75, 3.05) is 25.0 Å². The lowest BCUT2D eigenvalue weighted by Gasteiger charge is -2.33. The molecule has 218 valence electrons. The number of alkyl halides is 3. The van der Waals surface area contributed by atoms with Gasteiger partial charge >= 0.3 is 12.3 Å². The molecule has 1 aliphatic rings. The Morgan fingerprint density at radius 1 is 1.17 bits per heavy atom. The third-order valence-electron chi connectivity index (χ3n) is 6.65. The molecule has 4 heterocycles. The van der Waals surface area contributed by atoms with Crippen LogP contribution in [-0.2, 0) is 10.9 Å². The van der Waals surface area contributed by atoms with E-state index in [1.165, 1.54) is 6.20 Å². The van der Waals surface area contributed by atoms with Crippen LogP contribution in [0.2, 0.25) is 0 Å². The lowest BCUT2D eigenvalue weighted by atomic mass is 10.1. The summed E-state index contributed by atoms with van der Waals surface area (Å²) in [4.78, 5) is 25.4. The van der Waals surface area contributed by atoms with Crippen LogP contribution in [0, 0.1) is 0 Å². The summed E-state index contributed by atoms with van der Waals surface area (Å²) < 4.78 is 54.8. The zero-order chi connectivity index (χ0) is 29.4. The molecule has 0 bridgehead atoms. The highest BCUT2D eigenvalue weighted by Gasteiger charge is 2.36. The van der Waals surface area contributed by atoms with Crippen molar-refractivity contribution in [3.63, 3.8) is 0 Å². The molecule has 0 aliphatic carbocycles. The molecule has 2 N–H and O–H groups in total. The average molecular weight is 572 g/mol. The van der Waals surface area contributed by atoms with E-state index >= 15 is 0 Å². The number of aromatic amines is 1. The monoisotopic (exact) mass is 571 g/mol. The van der Waals surface area contributed by atoms with Crippen LogP contribution in [-0.4, -0.2) is 61.0 Å². The first-order valence-electron chi connectivity index (χ1n) is 13.4. The number of H-pyrrole nitrogens is 1. The van der Waals surface area contributed by atoms with Gasteiger partial charge < -0.3 is 24.7 Å². The molecule has 1 aliphatic heterocycles. The molecule has 5 rings (SSSR count). The van der Waals surface area contributed by atoms with E-state index in [9.17, 15) is 18.0 Å². The highest BCUT2D eigenvalue weighted by molar-refractivity contribution is 5.95. The van der Waals surface area contributed by atoms with Crippen molar-refractivity contribution in [1.29, 1.82) is 0 Å². The molecule has 0 unspecified atom stereocenters. The predicted octanol–water partition coefficient (Wildman–Crippen LogP) is 6.55. The second kappa shape index (κ2) is 10.9. The molecule has 41 heavy (non-hydrogen) atoms. The van der Waals surface area contributed by atoms with E-state index in [0.29, 0.717) is 54.7 Å². The lowest BCUT2D eigenvalue weighted by molar-refractivity contribution is -0.137. The number of likely N-dealkylation sites (tertiary alicyclic amines) is 1. The van der Waals surface area contributed by atoms with E-state index in [1.807, 2.05) is 27.7 Å². The number of ether oxygens (including phenoxy) is 2. The Kier molecular flexibility index (Phi) is 7.54. The Balaban J connectivity index is 1.40. The number of hydrogen-bond acceptors (Lipinski definition) is 7. The quantitative estimate of drug-likeness (QED) is 0.270. The lowest BCUT2D eigenvalue weighted by Crippen LogP contribution is -2.42. The topological polar surface area (TPSA) is 110 Å². The molecular formula is C28H32F3N7O3. The first kappa shape index (κ1) is 28.2. The van der Waals surface area contributed by atoms with Gasteiger partial charge in [-0.1, -0.05) is 18.2 Å². The van der Waals surface area contributed by atoms with Crippen LogP contribution < -0.4 is 10.1 Å². The molecular weight excluding hydrogens is 539 g/mol. The zero-order valence-corrected chi connectivity index (χ0v) is 23.2. The summed E-state index contributed by atoms with van der Waals surface area (Å²) in [6.07, 6.45) is 0.315. The largest absolute Gasteiger partial charge is 0.475 e. The summed E-state index contributed by atoms with van der Waals surface area (Å²) in [6, 6.07) is 7.07. The van der Waals surface area contributed by atoms with Crippen LogP contribution in [0.4, 0.5) is 29.6 Å². The van der Waals surface area contributed by atoms with E-state index in [2.05, 4.69) is 25.4 Å². The number of piperidine rings is 1. The number of aromatic nitrogens is 5. The van der Waals surface area contributed by atoms with Crippen LogP contribution in [0.5, 0.6) is 5.88 Å². The summed E-state index contributed by atoms with van der Waals surface area (Å²) in [5, 5.41) is 8.20. The number of fused-ring (bicyclic) bond motifs is 1. The van der Waals surface area contributed by atoms with Crippen LogP contribution >= 0.6 is 0 Å². The highest BCUT2D eigenvalue weighted by atomic mass is 19.4. The number of nitrogens with one attached hydrogen (secondary N) is 2. The molecule has 3 aromatic heterocycles. The molecule has 0 radical (unpaired) electrons. The van der Waals surface area contributed by atoms with Crippen molar-refractivity contribution >= 4 is 28.6 Å². The standard InChI is InChI=1S/C28H32F3N7O3/c1-5-40-24-22(16-38(36-24)17-10-12-37(13-11-17)26(39)41-27(2,3)4)34-25-33-15-20(28(29,30)31)23(35-25)19-14-32-21-9-7-6-8-18(19)21/h6-9,14-17,32H,5,10-13H2,1-4H3,(H,33,34,35). The Bertz CT molecular complexity index is 1530. The Morgan fingerprint density at radius 3 is 2.59 bits per heavy atom. The van der Waals surface area contributed by atoms with Gasteiger partial charge in [-0.2, -0.15) is 13.2 Å². The predicted molar refractivity (Wildman–Crippen MR) is 147 cm³/mol. The van der Waals surface area contributed by atoms with Gasteiger partial charge in [0.2, 0.25) is 5.95 Å². The Labute approximate surface area is 234 Å². The van der Waals surface area contributed by atoms with E-state index in [4.69, 9.17) is 9.47 Å². The van der Waals surface area contributed by atoms with Crippen LogP contribution in [0.15, 0.2) is 42.9 Å². The van der Waals surface area contributed by atoms with Crippen molar-refractivity contribution < 1.29 is 27.4 Å². The number of para-hydroxylation sites is 1. The minimum absolute atomic E-state index is 0.0150. The molecule has 1 aromatic carbocycles.